The van der Waals surface area contributed by atoms with Gasteiger partial charge in [0.1, 0.15) is 0 Å². The van der Waals surface area contributed by atoms with Crippen molar-refractivity contribution in [1.29, 1.82) is 0 Å². The molecule has 2 heteroatoms. The number of allylic oxidation sites excluding steroid dienone is 3. The van der Waals surface area contributed by atoms with Gasteiger partial charge in [0, 0.05) is 0 Å². The summed E-state index contributed by atoms with van der Waals surface area (Å²) in [5, 5.41) is 3.12. The predicted molar refractivity (Wildman–Crippen MR) is 99.4 cm³/mol. The lowest BCUT2D eigenvalue weighted by Crippen LogP contribution is -2.42. The third kappa shape index (κ3) is 4.55. The van der Waals surface area contributed by atoms with Crippen LogP contribution in [0, 0.1) is 22.7 Å². The number of nitrogens with zero attached hydrogens (tertiary/aromatic N) is 1. The molecule has 2 aliphatic rings. The number of hydrogen-bond acceptors (Lipinski definition) is 2. The van der Waals surface area contributed by atoms with E-state index < -0.39 is 0 Å². The van der Waals surface area contributed by atoms with Crippen LogP contribution in [0.5, 0.6) is 0 Å². The second-order valence-corrected chi connectivity index (χ2v) is 7.91. The number of rotatable bonds is 12. The molecule has 1 fully saturated rings. The van der Waals surface area contributed by atoms with Crippen LogP contribution in [-0.4, -0.2) is 6.04 Å². The summed E-state index contributed by atoms with van der Waals surface area (Å²) in [5.41, 5.74) is 4.98. The Bertz CT molecular complexity index is 451. The van der Waals surface area contributed by atoms with Gasteiger partial charge in [-0.05, 0) is 83.0 Å². The van der Waals surface area contributed by atoms with Gasteiger partial charge < -0.3 is 0 Å². The van der Waals surface area contributed by atoms with Gasteiger partial charge in [0.05, 0.1) is 6.04 Å². The standard InChI is InChI=1S/C21H35NO/c1-5-18-19-13-14-20(19)21(18)17(12-8-9-15(2)3)11-7-6-10-16(4)22-23/h16-17,19-20H,2,5-14H2,1,3-4H3. The molecule has 130 valence electrons. The number of unbranched alkanes of at least 4 members (excludes halogenated alkanes) is 1. The van der Waals surface area contributed by atoms with Crippen LogP contribution >= 0.6 is 0 Å². The molecular formula is C21H35NO. The summed E-state index contributed by atoms with van der Waals surface area (Å²) in [7, 11) is 0. The lowest BCUT2D eigenvalue weighted by atomic mass is 9.52. The second-order valence-electron chi connectivity index (χ2n) is 7.91. The van der Waals surface area contributed by atoms with Gasteiger partial charge in [0.15, 0.2) is 0 Å². The second kappa shape index (κ2) is 8.80. The fourth-order valence-corrected chi connectivity index (χ4v) is 4.67. The Morgan fingerprint density at radius 3 is 2.39 bits per heavy atom. The van der Waals surface area contributed by atoms with E-state index in [-0.39, 0.29) is 6.04 Å². The Labute approximate surface area is 142 Å². The molecule has 0 amide bonds. The molecular weight excluding hydrogens is 282 g/mol. The summed E-state index contributed by atoms with van der Waals surface area (Å²) in [6.07, 6.45) is 12.6. The molecule has 1 saturated carbocycles. The van der Waals surface area contributed by atoms with Crippen molar-refractivity contribution in [2.75, 3.05) is 0 Å². The van der Waals surface area contributed by atoms with Gasteiger partial charge in [-0.2, -0.15) is 4.91 Å². The smallest absolute Gasteiger partial charge is 0.0891 e. The zero-order valence-electron chi connectivity index (χ0n) is 15.4. The van der Waals surface area contributed by atoms with Crippen molar-refractivity contribution in [2.24, 2.45) is 22.9 Å². The lowest BCUT2D eigenvalue weighted by molar-refractivity contribution is 0.168. The first-order chi connectivity index (χ1) is 11.1. The van der Waals surface area contributed by atoms with Gasteiger partial charge in [-0.25, -0.2) is 0 Å². The van der Waals surface area contributed by atoms with E-state index in [0.29, 0.717) is 0 Å². The van der Waals surface area contributed by atoms with Gasteiger partial charge in [-0.3, -0.25) is 0 Å². The van der Waals surface area contributed by atoms with Crippen molar-refractivity contribution < 1.29 is 0 Å². The van der Waals surface area contributed by atoms with Crippen LogP contribution in [0.3, 0.4) is 0 Å². The molecule has 2 aliphatic carbocycles. The summed E-state index contributed by atoms with van der Waals surface area (Å²) in [5.74, 6) is 2.69. The van der Waals surface area contributed by atoms with E-state index in [1.165, 1.54) is 56.9 Å². The minimum absolute atomic E-state index is 0.0120. The topological polar surface area (TPSA) is 29.4 Å². The average Bonchev–Trinajstić information content (AvgIpc) is 2.50. The Hall–Kier alpha value is -0.920. The number of nitroso groups, excluding NO2 is 1. The quantitative estimate of drug-likeness (QED) is 0.221. The third-order valence-corrected chi connectivity index (χ3v) is 6.07. The largest absolute Gasteiger partial charge is 0.151 e. The molecule has 0 aromatic carbocycles. The lowest BCUT2D eigenvalue weighted by Gasteiger charge is -2.53. The summed E-state index contributed by atoms with van der Waals surface area (Å²) >= 11 is 0. The van der Waals surface area contributed by atoms with E-state index in [4.69, 9.17) is 0 Å². The maximum absolute atomic E-state index is 10.5. The van der Waals surface area contributed by atoms with Crippen molar-refractivity contribution in [2.45, 2.75) is 91.0 Å². The first-order valence-electron chi connectivity index (χ1n) is 9.78. The van der Waals surface area contributed by atoms with Crippen molar-refractivity contribution in [1.82, 2.24) is 0 Å². The molecule has 23 heavy (non-hydrogen) atoms. The van der Waals surface area contributed by atoms with Gasteiger partial charge in [-0.15, -0.1) is 6.58 Å². The highest BCUT2D eigenvalue weighted by Crippen LogP contribution is 2.58. The van der Waals surface area contributed by atoms with E-state index in [9.17, 15) is 4.91 Å². The monoisotopic (exact) mass is 317 g/mol. The Kier molecular flexibility index (Phi) is 7.05. The molecule has 0 spiro atoms. The van der Waals surface area contributed by atoms with E-state index in [0.717, 1.165) is 30.6 Å². The number of hydrogen-bond donors (Lipinski definition) is 0. The SMILES string of the molecule is C=C(C)CCCC(CCCCC(C)N=O)C1=C(CC)C2CCC12. The molecule has 0 heterocycles. The van der Waals surface area contributed by atoms with Crippen LogP contribution < -0.4 is 0 Å². The average molecular weight is 318 g/mol. The Morgan fingerprint density at radius 1 is 1.17 bits per heavy atom. The molecule has 0 N–H and O–H groups in total. The van der Waals surface area contributed by atoms with Gasteiger partial charge in [0.25, 0.3) is 0 Å². The van der Waals surface area contributed by atoms with Crippen molar-refractivity contribution in [3.05, 3.63) is 28.2 Å². The molecule has 0 saturated heterocycles. The number of fused-ring (bicyclic) bond motifs is 1. The molecule has 0 aromatic rings. The van der Waals surface area contributed by atoms with Crippen LogP contribution in [-0.2, 0) is 0 Å². The molecule has 4 unspecified atom stereocenters. The van der Waals surface area contributed by atoms with Crippen LogP contribution in [0.15, 0.2) is 28.5 Å². The zero-order chi connectivity index (χ0) is 16.8. The highest BCUT2D eigenvalue weighted by molar-refractivity contribution is 5.38. The van der Waals surface area contributed by atoms with E-state index in [1.807, 2.05) is 18.1 Å². The van der Waals surface area contributed by atoms with Crippen molar-refractivity contribution in [3.63, 3.8) is 0 Å². The minimum Gasteiger partial charge on any atom is -0.151 e. The van der Waals surface area contributed by atoms with Gasteiger partial charge in [0.2, 0.25) is 0 Å². The van der Waals surface area contributed by atoms with Crippen molar-refractivity contribution in [3.8, 4) is 0 Å². The van der Waals surface area contributed by atoms with Crippen LogP contribution in [0.1, 0.15) is 85.0 Å². The summed E-state index contributed by atoms with van der Waals surface area (Å²) in [6, 6.07) is -0.0120. The van der Waals surface area contributed by atoms with Crippen LogP contribution in [0.2, 0.25) is 0 Å². The van der Waals surface area contributed by atoms with Crippen LogP contribution in [0.25, 0.3) is 0 Å². The van der Waals surface area contributed by atoms with Crippen molar-refractivity contribution >= 4 is 0 Å². The normalized spacial score (nSPS) is 25.2. The molecule has 0 bridgehead atoms. The molecule has 4 atom stereocenters. The fraction of sp³-hybridized carbons (Fsp3) is 0.810. The summed E-state index contributed by atoms with van der Waals surface area (Å²) < 4.78 is 0. The first-order valence-corrected chi connectivity index (χ1v) is 9.78. The molecule has 0 aromatic heterocycles. The third-order valence-electron chi connectivity index (χ3n) is 6.07. The zero-order valence-corrected chi connectivity index (χ0v) is 15.4. The summed E-state index contributed by atoms with van der Waals surface area (Å²) in [4.78, 5) is 10.5. The maximum atomic E-state index is 10.5. The molecule has 2 rings (SSSR count). The predicted octanol–water partition coefficient (Wildman–Crippen LogP) is 6.81. The van der Waals surface area contributed by atoms with E-state index in [1.54, 1.807) is 0 Å². The van der Waals surface area contributed by atoms with E-state index >= 15 is 0 Å². The minimum atomic E-state index is -0.0120. The Balaban J connectivity index is 1.88. The highest BCUT2D eigenvalue weighted by Gasteiger charge is 2.47. The summed E-state index contributed by atoms with van der Waals surface area (Å²) in [6.45, 7) is 10.5. The highest BCUT2D eigenvalue weighted by atomic mass is 16.3. The molecule has 0 radical (unpaired) electrons. The van der Waals surface area contributed by atoms with Crippen LogP contribution in [0.4, 0.5) is 0 Å². The van der Waals surface area contributed by atoms with Gasteiger partial charge in [-0.1, -0.05) is 41.7 Å². The first kappa shape index (κ1) is 18.4. The Morgan fingerprint density at radius 2 is 1.83 bits per heavy atom. The molecule has 2 nitrogen and oxygen atoms in total. The fourth-order valence-electron chi connectivity index (χ4n) is 4.67. The maximum Gasteiger partial charge on any atom is 0.0891 e. The van der Waals surface area contributed by atoms with E-state index in [2.05, 4.69) is 25.6 Å². The molecule has 0 aliphatic heterocycles. The van der Waals surface area contributed by atoms with Gasteiger partial charge >= 0.3 is 0 Å².